The zero-order chi connectivity index (χ0) is 26.4. The Morgan fingerprint density at radius 1 is 1.16 bits per heavy atom. The zero-order valence-electron chi connectivity index (χ0n) is 20.6. The number of nitrogens with one attached hydrogen (secondary N) is 2. The number of hydrogen-bond donors (Lipinski definition) is 2. The molecule has 2 aliphatic carbocycles. The van der Waals surface area contributed by atoms with Crippen molar-refractivity contribution in [1.82, 2.24) is 15.2 Å². The van der Waals surface area contributed by atoms with Crippen LogP contribution in [0.5, 0.6) is 0 Å². The van der Waals surface area contributed by atoms with E-state index >= 15 is 0 Å². The molecule has 37 heavy (non-hydrogen) atoms. The first-order valence-corrected chi connectivity index (χ1v) is 13.4. The summed E-state index contributed by atoms with van der Waals surface area (Å²) in [6.07, 6.45) is 5.10. The van der Waals surface area contributed by atoms with Gasteiger partial charge >= 0.3 is 0 Å². The number of rotatable bonds is 7. The molecule has 0 radical (unpaired) electrons. The number of ketones is 2. The van der Waals surface area contributed by atoms with E-state index in [0.29, 0.717) is 25.5 Å². The molecule has 198 valence electrons. The molecule has 1 aromatic carbocycles. The molecule has 3 aliphatic rings. The van der Waals surface area contributed by atoms with Gasteiger partial charge in [-0.15, -0.1) is 0 Å². The Bertz CT molecular complexity index is 1280. The number of halogens is 3. The fourth-order valence-corrected chi connectivity index (χ4v) is 6.71. The third-order valence-corrected chi connectivity index (χ3v) is 8.80. The van der Waals surface area contributed by atoms with Crippen LogP contribution in [0.4, 0.5) is 8.78 Å². The molecule has 1 aromatic heterocycles. The fourth-order valence-electron chi connectivity index (χ4n) is 6.51. The molecule has 10 heteroatoms. The Kier molecular flexibility index (Phi) is 7.09. The topological polar surface area (TPSA) is 99.3 Å². The maximum absolute atomic E-state index is 14.3. The number of benzene rings is 1. The summed E-state index contributed by atoms with van der Waals surface area (Å²) in [7, 11) is 0. The number of Topliss-reactive ketones (excluding diaryl/α,β-unsaturated/α-hetero) is 2. The molecule has 3 fully saturated rings. The molecule has 5 rings (SSSR count). The van der Waals surface area contributed by atoms with Crippen LogP contribution in [-0.2, 0) is 14.4 Å². The molecule has 0 bridgehead atoms. The lowest BCUT2D eigenvalue weighted by Crippen LogP contribution is -2.53. The molecule has 1 aliphatic heterocycles. The van der Waals surface area contributed by atoms with Crippen molar-refractivity contribution >= 4 is 45.9 Å². The van der Waals surface area contributed by atoms with E-state index in [-0.39, 0.29) is 63.8 Å². The summed E-state index contributed by atoms with van der Waals surface area (Å²) in [4.78, 5) is 56.4. The second-order valence-electron chi connectivity index (χ2n) is 10.6. The summed E-state index contributed by atoms with van der Waals surface area (Å²) in [5, 5.41) is 2.65. The van der Waals surface area contributed by atoms with Crippen LogP contribution in [0.1, 0.15) is 68.8 Å². The number of H-pyrrole nitrogens is 1. The Labute approximate surface area is 218 Å². The molecule has 2 aromatic rings. The number of fused-ring (bicyclic) bond motifs is 2. The molecule has 2 heterocycles. The molecule has 0 spiro atoms. The second-order valence-corrected chi connectivity index (χ2v) is 10.9. The largest absolute Gasteiger partial charge is 0.348 e. The van der Waals surface area contributed by atoms with Crippen LogP contribution in [0, 0.1) is 29.4 Å². The monoisotopic (exact) mass is 533 g/mol. The van der Waals surface area contributed by atoms with Gasteiger partial charge in [-0.3, -0.25) is 19.2 Å². The van der Waals surface area contributed by atoms with Gasteiger partial charge in [-0.25, -0.2) is 8.78 Å². The molecule has 2 saturated carbocycles. The summed E-state index contributed by atoms with van der Waals surface area (Å²) in [5.41, 5.74) is -0.0677. The number of hydrogen-bond acceptors (Lipinski definition) is 4. The number of aromatic amines is 1. The lowest BCUT2D eigenvalue weighted by atomic mass is 9.91. The Morgan fingerprint density at radius 3 is 2.65 bits per heavy atom. The first-order chi connectivity index (χ1) is 17.7. The minimum atomic E-state index is -0.926. The van der Waals surface area contributed by atoms with E-state index < -0.39 is 35.5 Å². The van der Waals surface area contributed by atoms with Gasteiger partial charge in [-0.05, 0) is 50.0 Å². The zero-order valence-corrected chi connectivity index (χ0v) is 21.4. The van der Waals surface area contributed by atoms with Gasteiger partial charge in [0.2, 0.25) is 5.91 Å². The van der Waals surface area contributed by atoms with E-state index in [9.17, 15) is 28.0 Å². The highest BCUT2D eigenvalue weighted by molar-refractivity contribution is 6.35. The van der Waals surface area contributed by atoms with E-state index in [2.05, 4.69) is 10.3 Å². The summed E-state index contributed by atoms with van der Waals surface area (Å²) in [6, 6.07) is 0.386. The van der Waals surface area contributed by atoms with E-state index in [4.69, 9.17) is 11.6 Å². The van der Waals surface area contributed by atoms with Gasteiger partial charge in [0.25, 0.3) is 5.91 Å². The van der Waals surface area contributed by atoms with Crippen molar-refractivity contribution in [3.8, 4) is 0 Å². The third-order valence-electron chi connectivity index (χ3n) is 8.41. The minimum Gasteiger partial charge on any atom is -0.348 e. The Hall–Kier alpha value is -2.81. The van der Waals surface area contributed by atoms with Gasteiger partial charge in [0.1, 0.15) is 29.2 Å². The normalized spacial score (nSPS) is 26.1. The van der Waals surface area contributed by atoms with Crippen molar-refractivity contribution in [3.05, 3.63) is 34.5 Å². The predicted molar refractivity (Wildman–Crippen MR) is 133 cm³/mol. The predicted octanol–water partition coefficient (Wildman–Crippen LogP) is 4.56. The third kappa shape index (κ3) is 4.67. The van der Waals surface area contributed by atoms with Crippen molar-refractivity contribution in [2.75, 3.05) is 6.54 Å². The average molecular weight is 534 g/mol. The maximum Gasteiger partial charge on any atom is 0.271 e. The number of aromatic nitrogens is 1. The molecule has 5 atom stereocenters. The first kappa shape index (κ1) is 25.8. The van der Waals surface area contributed by atoms with Gasteiger partial charge in [0, 0.05) is 36.8 Å². The molecule has 7 nitrogen and oxygen atoms in total. The van der Waals surface area contributed by atoms with Crippen LogP contribution in [0.2, 0.25) is 5.02 Å². The van der Waals surface area contributed by atoms with E-state index in [1.165, 1.54) is 11.0 Å². The highest BCUT2D eigenvalue weighted by atomic mass is 35.5. The van der Waals surface area contributed by atoms with Crippen molar-refractivity contribution in [2.24, 2.45) is 17.8 Å². The van der Waals surface area contributed by atoms with Gasteiger partial charge in [0.15, 0.2) is 5.78 Å². The van der Waals surface area contributed by atoms with Crippen molar-refractivity contribution in [2.45, 2.75) is 70.4 Å². The Balaban J connectivity index is 1.41. The van der Waals surface area contributed by atoms with E-state index in [1.54, 1.807) is 6.92 Å². The minimum absolute atomic E-state index is 0.0110. The number of carbonyl (C=O) groups excluding carboxylic acids is 4. The van der Waals surface area contributed by atoms with Crippen LogP contribution in [0.3, 0.4) is 0 Å². The molecule has 0 unspecified atom stereocenters. The first-order valence-electron chi connectivity index (χ1n) is 13.0. The Morgan fingerprint density at radius 2 is 1.95 bits per heavy atom. The maximum atomic E-state index is 14.3. The van der Waals surface area contributed by atoms with Crippen LogP contribution in [0.25, 0.3) is 10.9 Å². The molecular formula is C27H30ClF2N3O4. The summed E-state index contributed by atoms with van der Waals surface area (Å²) in [5.74, 6) is -2.90. The lowest BCUT2D eigenvalue weighted by Gasteiger charge is -2.29. The lowest BCUT2D eigenvalue weighted by molar-refractivity contribution is -0.131. The standard InChI is InChI=1S/C27H30ClF2N3O4/c1-2-21(34)19(9-13-5-4-8-22(13)35)32-26(36)25-15-7-3-6-14(15)12-33(25)27(37)20-10-16-23(28)17(29)11-18(30)24(16)31-20/h10-11,13-15,19,25,31H,2-9,12H2,1H3,(H,32,36)/t13-,14-,15-,19-,25-/m0/s1. The van der Waals surface area contributed by atoms with Gasteiger partial charge in [-0.1, -0.05) is 24.9 Å². The molecule has 2 amide bonds. The van der Waals surface area contributed by atoms with Crippen LogP contribution in [-0.4, -0.2) is 51.9 Å². The van der Waals surface area contributed by atoms with Gasteiger partial charge < -0.3 is 15.2 Å². The van der Waals surface area contributed by atoms with Crippen molar-refractivity contribution in [1.29, 1.82) is 0 Å². The summed E-state index contributed by atoms with van der Waals surface area (Å²) < 4.78 is 28.3. The van der Waals surface area contributed by atoms with E-state index in [0.717, 1.165) is 25.7 Å². The number of amides is 2. The van der Waals surface area contributed by atoms with Crippen molar-refractivity contribution < 1.29 is 28.0 Å². The second kappa shape index (κ2) is 10.2. The van der Waals surface area contributed by atoms with Crippen molar-refractivity contribution in [3.63, 3.8) is 0 Å². The van der Waals surface area contributed by atoms with Crippen LogP contribution < -0.4 is 5.32 Å². The number of nitrogens with zero attached hydrogens (tertiary/aromatic N) is 1. The fraction of sp³-hybridized carbons (Fsp3) is 0.556. The highest BCUT2D eigenvalue weighted by Crippen LogP contribution is 2.43. The average Bonchev–Trinajstić information content (AvgIpc) is 3.65. The molecule has 1 saturated heterocycles. The summed E-state index contributed by atoms with van der Waals surface area (Å²) in [6.45, 7) is 2.08. The smallest absolute Gasteiger partial charge is 0.271 e. The molecule has 2 N–H and O–H groups in total. The number of likely N-dealkylation sites (tertiary alicyclic amines) is 1. The van der Waals surface area contributed by atoms with Crippen LogP contribution >= 0.6 is 11.6 Å². The quantitative estimate of drug-likeness (QED) is 0.509. The highest BCUT2D eigenvalue weighted by Gasteiger charge is 2.50. The summed E-state index contributed by atoms with van der Waals surface area (Å²) >= 11 is 6.01. The van der Waals surface area contributed by atoms with Gasteiger partial charge in [0.05, 0.1) is 16.6 Å². The van der Waals surface area contributed by atoms with Crippen LogP contribution in [0.15, 0.2) is 12.1 Å². The SMILES string of the molecule is CCC(=O)[C@H](C[C@@H]1CCCC1=O)NC(=O)[C@@H]1[C@H]2CCC[C@H]2CN1C(=O)c1cc2c(Cl)c(F)cc(F)c2[nH]1. The number of carbonyl (C=O) groups is 4. The van der Waals surface area contributed by atoms with E-state index in [1.807, 2.05) is 0 Å². The van der Waals surface area contributed by atoms with Gasteiger partial charge in [-0.2, -0.15) is 0 Å². The molecular weight excluding hydrogens is 504 g/mol.